The summed E-state index contributed by atoms with van der Waals surface area (Å²) in [4.78, 5) is 4.27. The molecule has 0 saturated carbocycles. The van der Waals surface area contributed by atoms with Crippen LogP contribution in [0.5, 0.6) is 0 Å². The zero-order valence-electron chi connectivity index (χ0n) is 7.87. The summed E-state index contributed by atoms with van der Waals surface area (Å²) in [5.74, 6) is 0. The fourth-order valence-electron chi connectivity index (χ4n) is 1.25. The number of rotatable bonds is 3. The number of ether oxygens (including phenoxy) is 1. The summed E-state index contributed by atoms with van der Waals surface area (Å²) in [6.07, 6.45) is 1.91. The van der Waals surface area contributed by atoms with E-state index in [4.69, 9.17) is 4.74 Å². The standard InChI is InChI=1S/C10H15NO/c1-4-12-9(3)10-8(2)6-5-7-11-10/h5-7,9H,4H2,1-3H3/t9-/m0/s1. The molecule has 1 aromatic heterocycles. The number of aryl methyl sites for hydroxylation is 1. The van der Waals surface area contributed by atoms with Gasteiger partial charge in [0.15, 0.2) is 0 Å². The van der Waals surface area contributed by atoms with Gasteiger partial charge in [0, 0.05) is 12.8 Å². The van der Waals surface area contributed by atoms with Crippen LogP contribution in [-0.4, -0.2) is 11.6 Å². The average molecular weight is 165 g/mol. The van der Waals surface area contributed by atoms with Gasteiger partial charge in [0.2, 0.25) is 0 Å². The molecule has 0 saturated heterocycles. The van der Waals surface area contributed by atoms with E-state index in [1.165, 1.54) is 5.56 Å². The van der Waals surface area contributed by atoms with Crippen molar-refractivity contribution in [2.75, 3.05) is 6.61 Å². The first-order valence-corrected chi connectivity index (χ1v) is 4.28. The predicted octanol–water partition coefficient (Wildman–Crippen LogP) is 2.49. The number of nitrogens with zero attached hydrogens (tertiary/aromatic N) is 1. The van der Waals surface area contributed by atoms with Crippen LogP contribution in [0.2, 0.25) is 0 Å². The van der Waals surface area contributed by atoms with Gasteiger partial charge in [-0.1, -0.05) is 6.07 Å². The van der Waals surface area contributed by atoms with E-state index in [0.717, 1.165) is 12.3 Å². The Morgan fingerprint density at radius 1 is 1.58 bits per heavy atom. The lowest BCUT2D eigenvalue weighted by atomic mass is 10.1. The first-order valence-electron chi connectivity index (χ1n) is 4.28. The van der Waals surface area contributed by atoms with Crippen molar-refractivity contribution in [3.05, 3.63) is 29.6 Å². The molecule has 0 fully saturated rings. The monoisotopic (exact) mass is 165 g/mol. The molecule has 0 N–H and O–H groups in total. The summed E-state index contributed by atoms with van der Waals surface area (Å²) >= 11 is 0. The van der Waals surface area contributed by atoms with Crippen molar-refractivity contribution >= 4 is 0 Å². The van der Waals surface area contributed by atoms with E-state index in [-0.39, 0.29) is 6.10 Å². The fraction of sp³-hybridized carbons (Fsp3) is 0.500. The summed E-state index contributed by atoms with van der Waals surface area (Å²) in [6, 6.07) is 4.00. The second-order valence-corrected chi connectivity index (χ2v) is 2.80. The van der Waals surface area contributed by atoms with E-state index in [1.54, 1.807) is 6.20 Å². The third kappa shape index (κ3) is 2.05. The van der Waals surface area contributed by atoms with Gasteiger partial charge in [-0.25, -0.2) is 0 Å². The van der Waals surface area contributed by atoms with Crippen molar-refractivity contribution in [3.63, 3.8) is 0 Å². The molecule has 0 spiro atoms. The predicted molar refractivity (Wildman–Crippen MR) is 49.0 cm³/mol. The first-order chi connectivity index (χ1) is 5.75. The number of aromatic nitrogens is 1. The Labute approximate surface area is 73.6 Å². The van der Waals surface area contributed by atoms with Gasteiger partial charge in [-0.05, 0) is 32.4 Å². The van der Waals surface area contributed by atoms with Gasteiger partial charge in [-0.2, -0.15) is 0 Å². The van der Waals surface area contributed by atoms with Crippen molar-refractivity contribution in [2.24, 2.45) is 0 Å². The Morgan fingerprint density at radius 3 is 2.92 bits per heavy atom. The van der Waals surface area contributed by atoms with Gasteiger partial charge in [0.05, 0.1) is 11.8 Å². The molecule has 1 heterocycles. The van der Waals surface area contributed by atoms with Crippen LogP contribution in [0.3, 0.4) is 0 Å². The topological polar surface area (TPSA) is 22.1 Å². The second kappa shape index (κ2) is 4.21. The maximum Gasteiger partial charge on any atom is 0.0969 e. The maximum absolute atomic E-state index is 5.45. The van der Waals surface area contributed by atoms with E-state index in [0.29, 0.717) is 0 Å². The highest BCUT2D eigenvalue weighted by molar-refractivity contribution is 5.19. The Kier molecular flexibility index (Phi) is 3.23. The highest BCUT2D eigenvalue weighted by Gasteiger charge is 2.07. The van der Waals surface area contributed by atoms with Crippen LogP contribution >= 0.6 is 0 Å². The van der Waals surface area contributed by atoms with Gasteiger partial charge in [-0.15, -0.1) is 0 Å². The molecule has 66 valence electrons. The SMILES string of the molecule is CCO[C@@H](C)c1ncccc1C. The summed E-state index contributed by atoms with van der Waals surface area (Å²) in [6.45, 7) is 6.81. The second-order valence-electron chi connectivity index (χ2n) is 2.80. The normalized spacial score (nSPS) is 12.9. The zero-order chi connectivity index (χ0) is 8.97. The van der Waals surface area contributed by atoms with E-state index in [2.05, 4.69) is 18.0 Å². The van der Waals surface area contributed by atoms with Crippen LogP contribution in [0.15, 0.2) is 18.3 Å². The van der Waals surface area contributed by atoms with Crippen LogP contribution < -0.4 is 0 Å². The molecule has 0 aromatic carbocycles. The molecule has 0 unspecified atom stereocenters. The largest absolute Gasteiger partial charge is 0.372 e. The molecule has 0 aliphatic rings. The summed E-state index contributed by atoms with van der Waals surface area (Å²) < 4.78 is 5.45. The molecule has 0 aliphatic carbocycles. The summed E-state index contributed by atoms with van der Waals surface area (Å²) in [5.41, 5.74) is 2.23. The molecule has 2 nitrogen and oxygen atoms in total. The Bertz CT molecular complexity index is 247. The van der Waals surface area contributed by atoms with Gasteiger partial charge in [-0.3, -0.25) is 4.98 Å². The number of pyridine rings is 1. The molecule has 0 radical (unpaired) electrons. The Hall–Kier alpha value is -0.890. The molecular formula is C10H15NO. The molecule has 1 aromatic rings. The fourth-order valence-corrected chi connectivity index (χ4v) is 1.25. The molecule has 0 bridgehead atoms. The minimum absolute atomic E-state index is 0.108. The highest BCUT2D eigenvalue weighted by Crippen LogP contribution is 2.16. The van der Waals surface area contributed by atoms with Gasteiger partial charge in [0.25, 0.3) is 0 Å². The quantitative estimate of drug-likeness (QED) is 0.686. The van der Waals surface area contributed by atoms with Crippen LogP contribution in [0.1, 0.15) is 31.2 Å². The first kappa shape index (κ1) is 9.20. The molecule has 12 heavy (non-hydrogen) atoms. The number of hydrogen-bond donors (Lipinski definition) is 0. The smallest absolute Gasteiger partial charge is 0.0969 e. The van der Waals surface area contributed by atoms with Crippen molar-refractivity contribution < 1.29 is 4.74 Å². The Morgan fingerprint density at radius 2 is 2.33 bits per heavy atom. The van der Waals surface area contributed by atoms with E-state index < -0.39 is 0 Å². The van der Waals surface area contributed by atoms with E-state index in [9.17, 15) is 0 Å². The lowest BCUT2D eigenvalue weighted by molar-refractivity contribution is 0.0729. The van der Waals surface area contributed by atoms with Crippen LogP contribution in [0.25, 0.3) is 0 Å². The molecule has 1 atom stereocenters. The molecular weight excluding hydrogens is 150 g/mol. The lowest BCUT2D eigenvalue weighted by Gasteiger charge is -2.12. The summed E-state index contributed by atoms with van der Waals surface area (Å²) in [5, 5.41) is 0. The van der Waals surface area contributed by atoms with Gasteiger partial charge in [0.1, 0.15) is 0 Å². The third-order valence-corrected chi connectivity index (χ3v) is 1.85. The van der Waals surface area contributed by atoms with Gasteiger partial charge >= 0.3 is 0 Å². The van der Waals surface area contributed by atoms with E-state index in [1.807, 2.05) is 19.9 Å². The Balaban J connectivity index is 2.79. The lowest BCUT2D eigenvalue weighted by Crippen LogP contribution is -2.03. The molecule has 0 aliphatic heterocycles. The minimum atomic E-state index is 0.108. The molecule has 0 amide bonds. The minimum Gasteiger partial charge on any atom is -0.372 e. The van der Waals surface area contributed by atoms with Crippen LogP contribution in [0.4, 0.5) is 0 Å². The van der Waals surface area contributed by atoms with Crippen molar-refractivity contribution in [2.45, 2.75) is 26.9 Å². The third-order valence-electron chi connectivity index (χ3n) is 1.85. The van der Waals surface area contributed by atoms with Crippen molar-refractivity contribution in [3.8, 4) is 0 Å². The average Bonchev–Trinajstić information content (AvgIpc) is 2.05. The summed E-state index contributed by atoms with van der Waals surface area (Å²) in [7, 11) is 0. The van der Waals surface area contributed by atoms with Crippen LogP contribution in [-0.2, 0) is 4.74 Å². The highest BCUT2D eigenvalue weighted by atomic mass is 16.5. The van der Waals surface area contributed by atoms with E-state index >= 15 is 0 Å². The maximum atomic E-state index is 5.45. The van der Waals surface area contributed by atoms with Crippen molar-refractivity contribution in [1.82, 2.24) is 4.98 Å². The van der Waals surface area contributed by atoms with Crippen LogP contribution in [0, 0.1) is 6.92 Å². The zero-order valence-corrected chi connectivity index (χ0v) is 7.87. The number of hydrogen-bond acceptors (Lipinski definition) is 2. The van der Waals surface area contributed by atoms with Gasteiger partial charge < -0.3 is 4.74 Å². The van der Waals surface area contributed by atoms with Crippen molar-refractivity contribution in [1.29, 1.82) is 0 Å². The molecule has 1 rings (SSSR count). The molecule has 2 heteroatoms.